The summed E-state index contributed by atoms with van der Waals surface area (Å²) < 4.78 is 28.7. The summed E-state index contributed by atoms with van der Waals surface area (Å²) in [6, 6.07) is 4.79. The molecule has 0 spiro atoms. The van der Waals surface area contributed by atoms with Crippen molar-refractivity contribution in [2.75, 3.05) is 11.4 Å². The molecule has 0 radical (unpaired) electrons. The second kappa shape index (κ2) is 17.0. The Labute approximate surface area is 254 Å². The van der Waals surface area contributed by atoms with Crippen LogP contribution in [0.15, 0.2) is 83.3 Å². The van der Waals surface area contributed by atoms with Crippen LogP contribution in [0.5, 0.6) is 0 Å². The number of benzene rings is 1. The Bertz CT molecular complexity index is 1310. The monoisotopic (exact) mass is 592 g/mol. The molecule has 1 amide bonds. The predicted molar refractivity (Wildman–Crippen MR) is 179 cm³/mol. The number of rotatable bonds is 9. The third-order valence-electron chi connectivity index (χ3n) is 6.77. The Hall–Kier alpha value is -3.22. The van der Waals surface area contributed by atoms with Gasteiger partial charge in [0.25, 0.3) is 5.66 Å². The fourth-order valence-corrected chi connectivity index (χ4v) is 5.00. The summed E-state index contributed by atoms with van der Waals surface area (Å²) in [6.07, 6.45) is 23.7. The summed E-state index contributed by atoms with van der Waals surface area (Å²) in [7, 11) is 1.64. The number of hydrogen-bond donors (Lipinski definition) is 1. The number of fused-ring (bicyclic) bond motifs is 1. The lowest BCUT2D eigenvalue weighted by atomic mass is 9.85. The van der Waals surface area contributed by atoms with E-state index < -0.39 is 5.66 Å². The number of terminal acetylenes is 1. The van der Waals surface area contributed by atoms with Gasteiger partial charge in [-0.05, 0) is 87.3 Å². The van der Waals surface area contributed by atoms with E-state index in [2.05, 4.69) is 43.8 Å². The molecule has 3 rings (SSSR count). The third-order valence-corrected chi connectivity index (χ3v) is 7.10. The van der Waals surface area contributed by atoms with Gasteiger partial charge in [-0.3, -0.25) is 4.79 Å². The number of halogens is 2. The Morgan fingerprint density at radius 2 is 1.93 bits per heavy atom. The SMILES string of the molecule is C#C\C=C/C=C(C)/C=C(\C=C/C)NC(=O)/C=C1\CCN(C(CC(C)C)=C2CCC2)c2cc(C(F)(F)P)ccc21.CCC. The highest BCUT2D eigenvalue weighted by molar-refractivity contribution is 7.17. The number of nitrogens with zero attached hydrogens (tertiary/aromatic N) is 1. The highest BCUT2D eigenvalue weighted by Gasteiger charge is 2.31. The van der Waals surface area contributed by atoms with Gasteiger partial charge in [0.05, 0.1) is 0 Å². The van der Waals surface area contributed by atoms with Crippen molar-refractivity contribution in [1.82, 2.24) is 5.32 Å². The van der Waals surface area contributed by atoms with Gasteiger partial charge in [0.2, 0.25) is 5.91 Å². The smallest absolute Gasteiger partial charge is 0.283 e. The molecule has 1 heterocycles. The van der Waals surface area contributed by atoms with Crippen LogP contribution in [0.4, 0.5) is 14.5 Å². The summed E-state index contributed by atoms with van der Waals surface area (Å²) in [4.78, 5) is 15.4. The van der Waals surface area contributed by atoms with Crippen LogP contribution in [0.2, 0.25) is 0 Å². The van der Waals surface area contributed by atoms with Crippen molar-refractivity contribution in [3.8, 4) is 12.3 Å². The molecule has 1 atom stereocenters. The van der Waals surface area contributed by atoms with Crippen LogP contribution in [-0.4, -0.2) is 12.5 Å². The number of alkyl halides is 2. The zero-order valence-electron chi connectivity index (χ0n) is 26.1. The van der Waals surface area contributed by atoms with E-state index in [1.54, 1.807) is 39.6 Å². The van der Waals surface area contributed by atoms with Crippen molar-refractivity contribution in [3.63, 3.8) is 0 Å². The molecule has 226 valence electrons. The van der Waals surface area contributed by atoms with Crippen molar-refractivity contribution < 1.29 is 13.6 Å². The van der Waals surface area contributed by atoms with E-state index in [1.165, 1.54) is 30.2 Å². The highest BCUT2D eigenvalue weighted by Crippen LogP contribution is 2.45. The molecule has 3 nitrogen and oxygen atoms in total. The van der Waals surface area contributed by atoms with Gasteiger partial charge >= 0.3 is 0 Å². The lowest BCUT2D eigenvalue weighted by molar-refractivity contribution is -0.115. The largest absolute Gasteiger partial charge is 0.344 e. The second-order valence-electron chi connectivity index (χ2n) is 11.2. The van der Waals surface area contributed by atoms with Crippen molar-refractivity contribution >= 4 is 26.4 Å². The van der Waals surface area contributed by atoms with E-state index in [1.807, 2.05) is 38.2 Å². The first kappa shape index (κ1) is 35.0. The Morgan fingerprint density at radius 3 is 2.48 bits per heavy atom. The minimum absolute atomic E-state index is 0.0519. The number of anilines is 1. The zero-order valence-corrected chi connectivity index (χ0v) is 27.2. The molecule has 1 aromatic rings. The first-order valence-corrected chi connectivity index (χ1v) is 15.5. The minimum atomic E-state index is -3.03. The molecular formula is C36H47F2N2OP. The highest BCUT2D eigenvalue weighted by atomic mass is 31.0. The first-order chi connectivity index (χ1) is 19.9. The Balaban J connectivity index is 0.00000197. The van der Waals surface area contributed by atoms with Gasteiger partial charge in [0.1, 0.15) is 0 Å². The van der Waals surface area contributed by atoms with Crippen LogP contribution in [0.1, 0.15) is 91.2 Å². The van der Waals surface area contributed by atoms with E-state index in [0.29, 0.717) is 24.6 Å². The van der Waals surface area contributed by atoms with Crippen LogP contribution in [-0.2, 0) is 10.5 Å². The van der Waals surface area contributed by atoms with E-state index in [9.17, 15) is 13.6 Å². The molecule has 1 saturated carbocycles. The summed E-state index contributed by atoms with van der Waals surface area (Å²) in [5.74, 6) is 2.63. The molecule has 1 fully saturated rings. The zero-order chi connectivity index (χ0) is 31.3. The van der Waals surface area contributed by atoms with Crippen molar-refractivity contribution in [2.24, 2.45) is 5.92 Å². The fourth-order valence-electron chi connectivity index (χ4n) is 4.82. The molecule has 1 aromatic carbocycles. The molecule has 0 saturated heterocycles. The van der Waals surface area contributed by atoms with Crippen LogP contribution in [0.3, 0.4) is 0 Å². The molecule has 6 heteroatoms. The maximum atomic E-state index is 14.3. The number of nitrogens with one attached hydrogen (secondary N) is 1. The number of carbonyl (C=O) groups is 1. The predicted octanol–water partition coefficient (Wildman–Crippen LogP) is 9.82. The molecule has 1 unspecified atom stereocenters. The molecule has 0 aromatic heterocycles. The number of hydrogen-bond acceptors (Lipinski definition) is 2. The number of allylic oxidation sites excluding steroid dienone is 9. The minimum Gasteiger partial charge on any atom is -0.344 e. The van der Waals surface area contributed by atoms with E-state index in [0.717, 1.165) is 41.7 Å². The van der Waals surface area contributed by atoms with Crippen molar-refractivity contribution in [3.05, 3.63) is 94.4 Å². The van der Waals surface area contributed by atoms with Crippen molar-refractivity contribution in [1.29, 1.82) is 0 Å². The van der Waals surface area contributed by atoms with Gasteiger partial charge in [-0.1, -0.05) is 85.2 Å². The maximum Gasteiger partial charge on any atom is 0.283 e. The standard InChI is InChI=1S/C33H39F2N2OP.C3H8/c1-6-8-9-12-24(5)20-28(11-7-2)36-32(38)21-26-17-18-37(30(19-23(3)4)25-13-10-14-25)31-22-27(33(34,35)39)15-16-29(26)31;1-3-2/h1,7-9,11-12,15-16,20-23H,10,13-14,17-19,39H2,2-5H3,(H,36,38);3H2,1-2H3/b9-8-,11-7-,24-12+,26-21+,28-20+;. The summed E-state index contributed by atoms with van der Waals surface area (Å²) >= 11 is 0. The van der Waals surface area contributed by atoms with Gasteiger partial charge < -0.3 is 10.2 Å². The van der Waals surface area contributed by atoms with Gasteiger partial charge in [-0.25, -0.2) is 0 Å². The molecule has 42 heavy (non-hydrogen) atoms. The Kier molecular flexibility index (Phi) is 14.2. The van der Waals surface area contributed by atoms with E-state index in [-0.39, 0.29) is 11.5 Å². The van der Waals surface area contributed by atoms with Crippen LogP contribution >= 0.6 is 9.24 Å². The molecule has 0 bridgehead atoms. The first-order valence-electron chi connectivity index (χ1n) is 14.9. The van der Waals surface area contributed by atoms with Gasteiger partial charge in [-0.15, -0.1) is 6.42 Å². The van der Waals surface area contributed by atoms with Gasteiger partial charge in [0.15, 0.2) is 0 Å². The van der Waals surface area contributed by atoms with Crippen LogP contribution in [0, 0.1) is 18.3 Å². The number of amides is 1. The van der Waals surface area contributed by atoms with Crippen LogP contribution in [0.25, 0.3) is 5.57 Å². The van der Waals surface area contributed by atoms with E-state index >= 15 is 0 Å². The fraction of sp³-hybridized carbons (Fsp3) is 0.417. The lowest BCUT2D eigenvalue weighted by Crippen LogP contribution is -2.32. The van der Waals surface area contributed by atoms with Crippen molar-refractivity contribution in [2.45, 2.75) is 85.7 Å². The molecule has 1 aliphatic carbocycles. The normalized spacial score (nSPS) is 16.7. The average Bonchev–Trinajstić information content (AvgIpc) is 2.87. The van der Waals surface area contributed by atoms with Gasteiger partial charge in [-0.2, -0.15) is 8.78 Å². The quantitative estimate of drug-likeness (QED) is 0.134. The van der Waals surface area contributed by atoms with Gasteiger partial charge in [0, 0.05) is 40.8 Å². The summed E-state index contributed by atoms with van der Waals surface area (Å²) in [5.41, 5.74) is 3.57. The maximum absolute atomic E-state index is 14.3. The third kappa shape index (κ3) is 10.6. The van der Waals surface area contributed by atoms with Crippen LogP contribution < -0.4 is 10.2 Å². The Morgan fingerprint density at radius 1 is 1.24 bits per heavy atom. The summed E-state index contributed by atoms with van der Waals surface area (Å²) in [6.45, 7) is 13.1. The molecule has 2 aliphatic rings. The molecule has 1 N–H and O–H groups in total. The topological polar surface area (TPSA) is 32.3 Å². The average molecular weight is 593 g/mol. The lowest BCUT2D eigenvalue weighted by Gasteiger charge is -2.39. The molecule has 1 aliphatic heterocycles. The summed E-state index contributed by atoms with van der Waals surface area (Å²) in [5, 5.41) is 2.96. The second-order valence-corrected chi connectivity index (χ2v) is 11.9. The molecular weight excluding hydrogens is 545 g/mol. The number of carbonyl (C=O) groups excluding carboxylic acids is 1. The van der Waals surface area contributed by atoms with E-state index in [4.69, 9.17) is 6.42 Å².